The van der Waals surface area contributed by atoms with E-state index < -0.39 is 5.41 Å². The Bertz CT molecular complexity index is 479. The van der Waals surface area contributed by atoms with Crippen LogP contribution in [-0.2, 0) is 14.3 Å². The second kappa shape index (κ2) is 8.82. The van der Waals surface area contributed by atoms with Gasteiger partial charge < -0.3 is 4.74 Å². The molecule has 1 fully saturated rings. The molecule has 2 aliphatic rings. The first kappa shape index (κ1) is 19.2. The maximum atomic E-state index is 13.0. The molecule has 0 N–H and O–H groups in total. The first-order valence-corrected chi connectivity index (χ1v) is 10.1. The Morgan fingerprint density at radius 2 is 1.71 bits per heavy atom. The van der Waals surface area contributed by atoms with Crippen molar-refractivity contribution in [3.8, 4) is 0 Å². The molecule has 3 heteroatoms. The molecule has 0 aromatic carbocycles. The van der Waals surface area contributed by atoms with Crippen LogP contribution in [0.5, 0.6) is 0 Å². The van der Waals surface area contributed by atoms with Crippen LogP contribution in [0.2, 0.25) is 0 Å². The van der Waals surface area contributed by atoms with Gasteiger partial charge in [-0.15, -0.1) is 0 Å². The van der Waals surface area contributed by atoms with Gasteiger partial charge in [0.15, 0.2) is 5.78 Å². The Morgan fingerprint density at radius 1 is 1.04 bits per heavy atom. The molecule has 0 saturated heterocycles. The monoisotopic (exact) mass is 334 g/mol. The number of unbranched alkanes of at least 4 members (excludes halogenated alkanes) is 6. The van der Waals surface area contributed by atoms with E-state index in [1.54, 1.807) is 0 Å². The maximum Gasteiger partial charge on any atom is 0.310 e. The third-order valence-corrected chi connectivity index (χ3v) is 5.78. The lowest BCUT2D eigenvalue weighted by Gasteiger charge is -2.16. The predicted octanol–water partition coefficient (Wildman–Crippen LogP) is 5.23. The highest BCUT2D eigenvalue weighted by Gasteiger charge is 2.74. The number of allylic oxidation sites excluding steroid dienone is 2. The molecule has 136 valence electrons. The smallest absolute Gasteiger partial charge is 0.310 e. The van der Waals surface area contributed by atoms with E-state index in [4.69, 9.17) is 4.74 Å². The van der Waals surface area contributed by atoms with Gasteiger partial charge in [0.05, 0.1) is 17.9 Å². The lowest BCUT2D eigenvalue weighted by atomic mass is 9.87. The van der Waals surface area contributed by atoms with Gasteiger partial charge in [-0.3, -0.25) is 9.59 Å². The van der Waals surface area contributed by atoms with Crippen molar-refractivity contribution < 1.29 is 14.3 Å². The summed E-state index contributed by atoms with van der Waals surface area (Å²) >= 11 is 0. The number of fused-ring (bicyclic) bond motifs is 1. The number of ketones is 1. The van der Waals surface area contributed by atoms with Crippen LogP contribution in [0, 0.1) is 17.3 Å². The summed E-state index contributed by atoms with van der Waals surface area (Å²) in [6.45, 7) is 6.62. The highest BCUT2D eigenvalue weighted by atomic mass is 16.5. The molecule has 0 aliphatic heterocycles. The van der Waals surface area contributed by atoms with Crippen LogP contribution >= 0.6 is 0 Å². The Labute approximate surface area is 147 Å². The van der Waals surface area contributed by atoms with Crippen LogP contribution < -0.4 is 0 Å². The van der Waals surface area contributed by atoms with E-state index in [9.17, 15) is 9.59 Å². The lowest BCUT2D eigenvalue weighted by Crippen LogP contribution is -2.23. The normalized spacial score (nSPS) is 27.8. The fraction of sp³-hybridized carbons (Fsp3) is 0.810. The van der Waals surface area contributed by atoms with Crippen LogP contribution in [0.25, 0.3) is 0 Å². The van der Waals surface area contributed by atoms with Crippen molar-refractivity contribution in [2.75, 3.05) is 6.61 Å². The molecule has 2 aliphatic carbocycles. The van der Waals surface area contributed by atoms with Gasteiger partial charge in [-0.2, -0.15) is 0 Å². The average Bonchev–Trinajstić information content (AvgIpc) is 3.13. The molecule has 0 spiro atoms. The number of ether oxygens (including phenoxy) is 1. The first-order chi connectivity index (χ1) is 11.6. The van der Waals surface area contributed by atoms with E-state index in [2.05, 4.69) is 19.9 Å². The van der Waals surface area contributed by atoms with E-state index in [1.165, 1.54) is 32.1 Å². The minimum absolute atomic E-state index is 0.117. The van der Waals surface area contributed by atoms with Crippen LogP contribution in [0.15, 0.2) is 11.6 Å². The predicted molar refractivity (Wildman–Crippen MR) is 96.7 cm³/mol. The Hall–Kier alpha value is -1.12. The summed E-state index contributed by atoms with van der Waals surface area (Å²) in [6.07, 6.45) is 13.2. The van der Waals surface area contributed by atoms with Crippen molar-refractivity contribution in [3.05, 3.63) is 11.6 Å². The van der Waals surface area contributed by atoms with Crippen molar-refractivity contribution >= 4 is 11.8 Å². The van der Waals surface area contributed by atoms with E-state index in [1.807, 2.05) is 6.92 Å². The summed E-state index contributed by atoms with van der Waals surface area (Å²) in [5.41, 5.74) is 0.562. The largest absolute Gasteiger partial charge is 0.466 e. The van der Waals surface area contributed by atoms with Gasteiger partial charge in [0.2, 0.25) is 0 Å². The summed E-state index contributed by atoms with van der Waals surface area (Å²) in [7, 11) is 0. The third-order valence-electron chi connectivity index (χ3n) is 5.78. The van der Waals surface area contributed by atoms with Crippen molar-refractivity contribution in [1.29, 1.82) is 0 Å². The lowest BCUT2D eigenvalue weighted by molar-refractivity contribution is -0.147. The van der Waals surface area contributed by atoms with Crippen molar-refractivity contribution in [3.63, 3.8) is 0 Å². The molecule has 1 saturated carbocycles. The molecular weight excluding hydrogens is 300 g/mol. The number of Topliss-reactive ketones (excluding diaryl/α,β-unsaturated/α-hetero) is 1. The quantitative estimate of drug-likeness (QED) is 0.362. The van der Waals surface area contributed by atoms with Crippen molar-refractivity contribution in [2.45, 2.75) is 85.0 Å². The van der Waals surface area contributed by atoms with Gasteiger partial charge in [0, 0.05) is 5.92 Å². The van der Waals surface area contributed by atoms with Gasteiger partial charge in [-0.1, -0.05) is 64.9 Å². The number of carbonyl (C=O) groups is 2. The summed E-state index contributed by atoms with van der Waals surface area (Å²) in [4.78, 5) is 25.3. The van der Waals surface area contributed by atoms with Gasteiger partial charge >= 0.3 is 5.97 Å². The Morgan fingerprint density at radius 3 is 2.33 bits per heavy atom. The fourth-order valence-corrected chi connectivity index (χ4v) is 4.41. The van der Waals surface area contributed by atoms with E-state index in [-0.39, 0.29) is 23.6 Å². The zero-order valence-corrected chi connectivity index (χ0v) is 15.7. The van der Waals surface area contributed by atoms with Gasteiger partial charge in [0.25, 0.3) is 0 Å². The van der Waals surface area contributed by atoms with Crippen LogP contribution in [0.1, 0.15) is 85.0 Å². The standard InChI is InChI=1S/C21H34O3/c1-4-7-9-11-13-16-15-17-18(20(23)24-6-3)21(17,19(16)22)14-12-10-8-5-2/h15,17-18H,4-14H2,1-3H3/t17?,18-,21+/m1/s1. The molecule has 0 heterocycles. The molecule has 0 amide bonds. The molecule has 0 aromatic rings. The van der Waals surface area contributed by atoms with E-state index in [0.717, 1.165) is 37.7 Å². The van der Waals surface area contributed by atoms with Crippen LogP contribution in [0.3, 0.4) is 0 Å². The third kappa shape index (κ3) is 3.75. The minimum atomic E-state index is -0.430. The van der Waals surface area contributed by atoms with E-state index in [0.29, 0.717) is 6.61 Å². The highest BCUT2D eigenvalue weighted by molar-refractivity contribution is 6.09. The average molecular weight is 335 g/mol. The van der Waals surface area contributed by atoms with E-state index >= 15 is 0 Å². The Balaban J connectivity index is 1.99. The second-order valence-corrected chi connectivity index (χ2v) is 7.44. The summed E-state index contributed by atoms with van der Waals surface area (Å²) in [5.74, 6) is 0.0176. The summed E-state index contributed by atoms with van der Waals surface area (Å²) in [6, 6.07) is 0. The summed E-state index contributed by atoms with van der Waals surface area (Å²) < 4.78 is 5.23. The SMILES string of the molecule is CCCCCCC1=CC2[C@H](C(=O)OCC)[C@@]2(CCCCCC)C1=O. The fourth-order valence-electron chi connectivity index (χ4n) is 4.41. The van der Waals surface area contributed by atoms with Crippen LogP contribution in [0.4, 0.5) is 0 Å². The van der Waals surface area contributed by atoms with Gasteiger partial charge in [-0.25, -0.2) is 0 Å². The number of hydrogen-bond donors (Lipinski definition) is 0. The number of carbonyl (C=O) groups excluding carboxylic acids is 2. The Kier molecular flexibility index (Phi) is 7.06. The van der Waals surface area contributed by atoms with Crippen LogP contribution in [-0.4, -0.2) is 18.4 Å². The second-order valence-electron chi connectivity index (χ2n) is 7.44. The zero-order valence-electron chi connectivity index (χ0n) is 15.7. The maximum absolute atomic E-state index is 13.0. The number of esters is 1. The van der Waals surface area contributed by atoms with Gasteiger partial charge in [0.1, 0.15) is 0 Å². The molecular formula is C21H34O3. The topological polar surface area (TPSA) is 43.4 Å². The first-order valence-electron chi connectivity index (χ1n) is 10.1. The van der Waals surface area contributed by atoms with Crippen molar-refractivity contribution in [2.24, 2.45) is 17.3 Å². The number of rotatable bonds is 12. The molecule has 24 heavy (non-hydrogen) atoms. The highest BCUT2D eigenvalue weighted by Crippen LogP contribution is 2.68. The molecule has 1 unspecified atom stereocenters. The summed E-state index contributed by atoms with van der Waals surface area (Å²) in [5, 5.41) is 0. The number of hydrogen-bond acceptors (Lipinski definition) is 3. The molecule has 3 atom stereocenters. The van der Waals surface area contributed by atoms with Gasteiger partial charge in [-0.05, 0) is 31.8 Å². The molecule has 0 radical (unpaired) electrons. The molecule has 3 nitrogen and oxygen atoms in total. The molecule has 0 bridgehead atoms. The van der Waals surface area contributed by atoms with Crippen molar-refractivity contribution in [1.82, 2.24) is 0 Å². The zero-order chi connectivity index (χ0) is 17.6. The molecule has 0 aromatic heterocycles. The minimum Gasteiger partial charge on any atom is -0.466 e. The molecule has 2 rings (SSSR count).